The molecule has 1 aliphatic heterocycles. The van der Waals surface area contributed by atoms with Crippen LogP contribution in [-0.2, 0) is 4.79 Å². The Hall–Kier alpha value is -0.220. The zero-order chi connectivity index (χ0) is 12.8. The number of carbonyl (C=O) groups excluding carboxylic acids is 1. The van der Waals surface area contributed by atoms with Crippen molar-refractivity contribution in [3.8, 4) is 0 Å². The summed E-state index contributed by atoms with van der Waals surface area (Å²) < 4.78 is 0. The Balaban J connectivity index is 2.52. The van der Waals surface area contributed by atoms with Crippen LogP contribution in [0.3, 0.4) is 0 Å². The van der Waals surface area contributed by atoms with Gasteiger partial charge in [-0.1, -0.05) is 20.8 Å². The SMILES string of the molecule is CCSCC(C)N1CCCC(NC(C)C)C1=O. The molecule has 2 unspecified atom stereocenters. The van der Waals surface area contributed by atoms with Gasteiger partial charge in [0.1, 0.15) is 0 Å². The highest BCUT2D eigenvalue weighted by Crippen LogP contribution is 2.17. The number of likely N-dealkylation sites (tertiary alicyclic amines) is 1. The van der Waals surface area contributed by atoms with E-state index < -0.39 is 0 Å². The molecule has 2 atom stereocenters. The van der Waals surface area contributed by atoms with Gasteiger partial charge < -0.3 is 10.2 Å². The molecule has 0 aliphatic carbocycles. The van der Waals surface area contributed by atoms with Crippen LogP contribution in [0, 0.1) is 0 Å². The van der Waals surface area contributed by atoms with Crippen molar-refractivity contribution in [1.29, 1.82) is 0 Å². The summed E-state index contributed by atoms with van der Waals surface area (Å²) in [4.78, 5) is 14.4. The van der Waals surface area contributed by atoms with Crippen molar-refractivity contribution < 1.29 is 4.79 Å². The van der Waals surface area contributed by atoms with E-state index >= 15 is 0 Å². The number of thioether (sulfide) groups is 1. The van der Waals surface area contributed by atoms with E-state index in [9.17, 15) is 4.79 Å². The minimum absolute atomic E-state index is 0.0397. The first kappa shape index (κ1) is 14.8. The van der Waals surface area contributed by atoms with Gasteiger partial charge in [0.05, 0.1) is 6.04 Å². The zero-order valence-electron chi connectivity index (χ0n) is 11.5. The second kappa shape index (κ2) is 7.27. The van der Waals surface area contributed by atoms with E-state index in [2.05, 4.69) is 37.9 Å². The smallest absolute Gasteiger partial charge is 0.239 e. The van der Waals surface area contributed by atoms with Crippen LogP contribution < -0.4 is 5.32 Å². The number of nitrogens with zero attached hydrogens (tertiary/aromatic N) is 1. The highest BCUT2D eigenvalue weighted by Gasteiger charge is 2.31. The minimum Gasteiger partial charge on any atom is -0.338 e. The van der Waals surface area contributed by atoms with E-state index in [0.29, 0.717) is 18.0 Å². The molecule has 1 heterocycles. The third-order valence-electron chi connectivity index (χ3n) is 3.10. The van der Waals surface area contributed by atoms with Crippen LogP contribution in [0.2, 0.25) is 0 Å². The van der Waals surface area contributed by atoms with Crippen molar-refractivity contribution in [3.05, 3.63) is 0 Å². The van der Waals surface area contributed by atoms with Gasteiger partial charge in [0.15, 0.2) is 0 Å². The minimum atomic E-state index is 0.0397. The fourth-order valence-electron chi connectivity index (χ4n) is 2.27. The first-order valence-corrected chi connectivity index (χ1v) is 7.86. The van der Waals surface area contributed by atoms with Crippen LogP contribution in [0.4, 0.5) is 0 Å². The maximum absolute atomic E-state index is 12.3. The van der Waals surface area contributed by atoms with E-state index in [1.165, 1.54) is 0 Å². The average molecular weight is 258 g/mol. The van der Waals surface area contributed by atoms with E-state index in [0.717, 1.165) is 30.9 Å². The predicted octanol–water partition coefficient (Wildman–Crippen LogP) is 2.12. The van der Waals surface area contributed by atoms with Crippen molar-refractivity contribution in [2.75, 3.05) is 18.1 Å². The monoisotopic (exact) mass is 258 g/mol. The summed E-state index contributed by atoms with van der Waals surface area (Å²) in [5, 5.41) is 3.37. The molecular weight excluding hydrogens is 232 g/mol. The van der Waals surface area contributed by atoms with Crippen LogP contribution in [-0.4, -0.2) is 47.0 Å². The number of carbonyl (C=O) groups is 1. The van der Waals surface area contributed by atoms with Gasteiger partial charge in [0.25, 0.3) is 0 Å². The van der Waals surface area contributed by atoms with E-state index in [-0.39, 0.29) is 6.04 Å². The molecule has 1 N–H and O–H groups in total. The average Bonchev–Trinajstić information content (AvgIpc) is 2.28. The molecule has 4 heteroatoms. The largest absolute Gasteiger partial charge is 0.338 e. The molecule has 0 aromatic carbocycles. The summed E-state index contributed by atoms with van der Waals surface area (Å²) in [7, 11) is 0. The molecule has 0 radical (unpaired) electrons. The Morgan fingerprint density at radius 2 is 2.18 bits per heavy atom. The molecular formula is C13H26N2OS. The lowest BCUT2D eigenvalue weighted by molar-refractivity contribution is -0.137. The lowest BCUT2D eigenvalue weighted by Crippen LogP contribution is -2.55. The molecule has 0 aromatic rings. The molecule has 0 aromatic heterocycles. The lowest BCUT2D eigenvalue weighted by atomic mass is 10.0. The fraction of sp³-hybridized carbons (Fsp3) is 0.923. The summed E-state index contributed by atoms with van der Waals surface area (Å²) in [6.07, 6.45) is 2.11. The second-order valence-electron chi connectivity index (χ2n) is 5.06. The van der Waals surface area contributed by atoms with E-state index in [1.54, 1.807) is 0 Å². The van der Waals surface area contributed by atoms with Gasteiger partial charge in [-0.3, -0.25) is 4.79 Å². The lowest BCUT2D eigenvalue weighted by Gasteiger charge is -2.37. The van der Waals surface area contributed by atoms with Gasteiger partial charge in [-0.25, -0.2) is 0 Å². The highest BCUT2D eigenvalue weighted by atomic mass is 32.2. The standard InChI is InChI=1S/C13H26N2OS/c1-5-17-9-11(4)15-8-6-7-12(13(15)16)14-10(2)3/h10-12,14H,5-9H2,1-4H3. The predicted molar refractivity (Wildman–Crippen MR) is 75.5 cm³/mol. The first-order chi connectivity index (χ1) is 8.06. The highest BCUT2D eigenvalue weighted by molar-refractivity contribution is 7.99. The van der Waals surface area contributed by atoms with Gasteiger partial charge in [-0.2, -0.15) is 11.8 Å². The van der Waals surface area contributed by atoms with Gasteiger partial charge in [-0.15, -0.1) is 0 Å². The Morgan fingerprint density at radius 3 is 2.76 bits per heavy atom. The maximum atomic E-state index is 12.3. The molecule has 0 saturated carbocycles. The zero-order valence-corrected chi connectivity index (χ0v) is 12.3. The first-order valence-electron chi connectivity index (χ1n) is 6.70. The molecule has 0 bridgehead atoms. The van der Waals surface area contributed by atoms with Gasteiger partial charge in [-0.05, 0) is 25.5 Å². The summed E-state index contributed by atoms with van der Waals surface area (Å²) in [5.41, 5.74) is 0. The van der Waals surface area contributed by atoms with Crippen LogP contribution in [0.5, 0.6) is 0 Å². The number of piperidine rings is 1. The van der Waals surface area contributed by atoms with Crippen molar-refractivity contribution in [2.24, 2.45) is 0 Å². The number of nitrogens with one attached hydrogen (secondary N) is 1. The Bertz CT molecular complexity index is 246. The van der Waals surface area contributed by atoms with Crippen molar-refractivity contribution >= 4 is 17.7 Å². The molecule has 1 saturated heterocycles. The third kappa shape index (κ3) is 4.51. The Labute approximate surface area is 110 Å². The van der Waals surface area contributed by atoms with Gasteiger partial charge in [0.2, 0.25) is 5.91 Å². The van der Waals surface area contributed by atoms with Crippen LogP contribution >= 0.6 is 11.8 Å². The van der Waals surface area contributed by atoms with Crippen LogP contribution in [0.25, 0.3) is 0 Å². The molecule has 1 aliphatic rings. The Morgan fingerprint density at radius 1 is 1.47 bits per heavy atom. The van der Waals surface area contributed by atoms with E-state index in [4.69, 9.17) is 0 Å². The maximum Gasteiger partial charge on any atom is 0.239 e. The summed E-state index contributed by atoms with van der Waals surface area (Å²) >= 11 is 1.91. The van der Waals surface area contributed by atoms with Crippen LogP contribution in [0.1, 0.15) is 40.5 Å². The Kier molecular flexibility index (Phi) is 6.34. The topological polar surface area (TPSA) is 32.3 Å². The van der Waals surface area contributed by atoms with Crippen molar-refractivity contribution in [2.45, 2.75) is 58.7 Å². The van der Waals surface area contributed by atoms with Crippen molar-refractivity contribution in [3.63, 3.8) is 0 Å². The normalized spacial score (nSPS) is 23.2. The third-order valence-corrected chi connectivity index (χ3v) is 4.23. The number of hydrogen-bond acceptors (Lipinski definition) is 3. The second-order valence-corrected chi connectivity index (χ2v) is 6.38. The molecule has 1 fully saturated rings. The molecule has 1 amide bonds. The van der Waals surface area contributed by atoms with Gasteiger partial charge >= 0.3 is 0 Å². The van der Waals surface area contributed by atoms with E-state index in [1.807, 2.05) is 11.8 Å². The number of hydrogen-bond donors (Lipinski definition) is 1. The van der Waals surface area contributed by atoms with Crippen molar-refractivity contribution in [1.82, 2.24) is 10.2 Å². The summed E-state index contributed by atoms with van der Waals surface area (Å²) in [5.74, 6) is 2.48. The number of amides is 1. The molecule has 3 nitrogen and oxygen atoms in total. The molecule has 1 rings (SSSR count). The molecule has 100 valence electrons. The van der Waals surface area contributed by atoms with Gasteiger partial charge in [0, 0.05) is 24.4 Å². The molecule has 0 spiro atoms. The fourth-order valence-corrected chi connectivity index (χ4v) is 3.03. The molecule has 17 heavy (non-hydrogen) atoms. The summed E-state index contributed by atoms with van der Waals surface area (Å²) in [6, 6.07) is 0.784. The summed E-state index contributed by atoms with van der Waals surface area (Å²) in [6.45, 7) is 9.46. The number of rotatable bonds is 6. The quantitative estimate of drug-likeness (QED) is 0.792. The van der Waals surface area contributed by atoms with Crippen LogP contribution in [0.15, 0.2) is 0 Å².